The number of hydrogen-bond acceptors (Lipinski definition) is 3. The lowest BCUT2D eigenvalue weighted by Gasteiger charge is -2.24. The Hall–Kier alpha value is -2.91. The maximum absolute atomic E-state index is 12.6. The molecule has 3 aromatic rings. The lowest BCUT2D eigenvalue weighted by molar-refractivity contribution is 0.0992. The van der Waals surface area contributed by atoms with Gasteiger partial charge in [0.1, 0.15) is 11.5 Å². The topological polar surface area (TPSA) is 46.5 Å². The van der Waals surface area contributed by atoms with Crippen molar-refractivity contribution in [3.8, 4) is 11.5 Å². The molecule has 3 nitrogen and oxygen atoms in total. The first-order chi connectivity index (χ1) is 12.7. The van der Waals surface area contributed by atoms with Crippen LogP contribution in [0.5, 0.6) is 11.5 Å². The number of ether oxygens (including phenoxy) is 1. The lowest BCUT2D eigenvalue weighted by atomic mass is 9.90. The van der Waals surface area contributed by atoms with Gasteiger partial charge in [0.2, 0.25) is 0 Å². The number of aliphatic hydroxyl groups is 1. The largest absolute Gasteiger partial charge is 0.457 e. The molecule has 3 aromatic carbocycles. The monoisotopic (exact) mass is 344 g/mol. The molecule has 4 rings (SSSR count). The van der Waals surface area contributed by atoms with Gasteiger partial charge >= 0.3 is 0 Å². The van der Waals surface area contributed by atoms with Crippen LogP contribution in [-0.4, -0.2) is 10.9 Å². The highest BCUT2D eigenvalue weighted by Crippen LogP contribution is 2.39. The molecule has 0 atom stereocenters. The predicted octanol–water partition coefficient (Wildman–Crippen LogP) is 4.61. The van der Waals surface area contributed by atoms with Gasteiger partial charge in [-0.3, -0.25) is 4.79 Å². The normalized spacial score (nSPS) is 12.1. The molecule has 0 saturated carbocycles. The molecule has 0 bridgehead atoms. The Bertz CT molecular complexity index is 974. The molecule has 0 aliphatic carbocycles. The van der Waals surface area contributed by atoms with Gasteiger partial charge in [-0.05, 0) is 41.3 Å². The minimum absolute atomic E-state index is 0.0491. The fourth-order valence-electron chi connectivity index (χ4n) is 3.48. The summed E-state index contributed by atoms with van der Waals surface area (Å²) in [7, 11) is 0. The average Bonchev–Trinajstić information content (AvgIpc) is 2.67. The molecule has 0 aromatic heterocycles. The highest BCUT2D eigenvalue weighted by atomic mass is 16.5. The zero-order valence-corrected chi connectivity index (χ0v) is 14.7. The predicted molar refractivity (Wildman–Crippen MR) is 101 cm³/mol. The van der Waals surface area contributed by atoms with Gasteiger partial charge in [-0.1, -0.05) is 48.5 Å². The Labute approximate surface area is 152 Å². The second-order valence-corrected chi connectivity index (χ2v) is 6.69. The molecule has 0 radical (unpaired) electrons. The second kappa shape index (κ2) is 6.77. The van der Waals surface area contributed by atoms with Crippen LogP contribution in [0.2, 0.25) is 0 Å². The van der Waals surface area contributed by atoms with Gasteiger partial charge in [0.05, 0.1) is 6.61 Å². The SMILES string of the molecule is Cc1ccc2c(c1)Oc1ccc(CC(=O)c3ccccc3)c(CO)c1C2. The lowest BCUT2D eigenvalue weighted by Crippen LogP contribution is -2.12. The summed E-state index contributed by atoms with van der Waals surface area (Å²) >= 11 is 0. The van der Waals surface area contributed by atoms with E-state index in [0.29, 0.717) is 12.0 Å². The molecule has 1 N–H and O–H groups in total. The number of aryl methyl sites for hydroxylation is 1. The van der Waals surface area contributed by atoms with E-state index >= 15 is 0 Å². The Morgan fingerprint density at radius 3 is 2.62 bits per heavy atom. The number of hydrogen-bond donors (Lipinski definition) is 1. The molecule has 0 spiro atoms. The molecule has 0 unspecified atom stereocenters. The van der Waals surface area contributed by atoms with E-state index in [2.05, 4.69) is 12.1 Å². The molecule has 1 aliphatic rings. The molecule has 0 saturated heterocycles. The first-order valence-corrected chi connectivity index (χ1v) is 8.76. The summed E-state index contributed by atoms with van der Waals surface area (Å²) in [5, 5.41) is 9.98. The van der Waals surface area contributed by atoms with Crippen molar-refractivity contribution in [2.45, 2.75) is 26.4 Å². The Kier molecular flexibility index (Phi) is 4.31. The van der Waals surface area contributed by atoms with Crippen LogP contribution in [0.15, 0.2) is 60.7 Å². The van der Waals surface area contributed by atoms with Crippen LogP contribution in [-0.2, 0) is 19.4 Å². The van der Waals surface area contributed by atoms with Crippen molar-refractivity contribution in [3.05, 3.63) is 94.0 Å². The van der Waals surface area contributed by atoms with Crippen molar-refractivity contribution in [2.24, 2.45) is 0 Å². The quantitative estimate of drug-likeness (QED) is 0.550. The average molecular weight is 344 g/mol. The third kappa shape index (κ3) is 3.02. The number of ketones is 1. The molecular formula is C23H20O3. The highest BCUT2D eigenvalue weighted by molar-refractivity contribution is 5.97. The van der Waals surface area contributed by atoms with E-state index in [1.807, 2.05) is 55.5 Å². The summed E-state index contributed by atoms with van der Waals surface area (Å²) in [5.41, 5.74) is 5.58. The van der Waals surface area contributed by atoms with Crippen molar-refractivity contribution in [2.75, 3.05) is 0 Å². The fourth-order valence-corrected chi connectivity index (χ4v) is 3.48. The Balaban J connectivity index is 1.68. The van der Waals surface area contributed by atoms with E-state index in [1.165, 1.54) is 0 Å². The van der Waals surface area contributed by atoms with E-state index in [1.54, 1.807) is 0 Å². The van der Waals surface area contributed by atoms with E-state index in [-0.39, 0.29) is 18.8 Å². The van der Waals surface area contributed by atoms with Crippen LogP contribution < -0.4 is 4.74 Å². The van der Waals surface area contributed by atoms with Crippen LogP contribution in [0, 0.1) is 6.92 Å². The van der Waals surface area contributed by atoms with Crippen molar-refractivity contribution in [1.29, 1.82) is 0 Å². The number of carbonyl (C=O) groups excluding carboxylic acids is 1. The third-order valence-electron chi connectivity index (χ3n) is 4.90. The minimum atomic E-state index is -0.106. The number of carbonyl (C=O) groups is 1. The van der Waals surface area contributed by atoms with Gasteiger partial charge < -0.3 is 9.84 Å². The molecule has 0 amide bonds. The number of fused-ring (bicyclic) bond motifs is 2. The van der Waals surface area contributed by atoms with Gasteiger partial charge in [0.25, 0.3) is 0 Å². The zero-order valence-electron chi connectivity index (χ0n) is 14.7. The number of rotatable bonds is 4. The zero-order chi connectivity index (χ0) is 18.1. The van der Waals surface area contributed by atoms with E-state index in [4.69, 9.17) is 4.74 Å². The molecule has 0 fully saturated rings. The summed E-state index contributed by atoms with van der Waals surface area (Å²) in [5.74, 6) is 1.69. The molecule has 1 aliphatic heterocycles. The van der Waals surface area contributed by atoms with Crippen LogP contribution in [0.1, 0.15) is 38.2 Å². The van der Waals surface area contributed by atoms with Crippen LogP contribution in [0.25, 0.3) is 0 Å². The van der Waals surface area contributed by atoms with Gasteiger partial charge in [-0.2, -0.15) is 0 Å². The van der Waals surface area contributed by atoms with Gasteiger partial charge in [-0.15, -0.1) is 0 Å². The summed E-state index contributed by atoms with van der Waals surface area (Å²) in [6, 6.07) is 19.2. The van der Waals surface area contributed by atoms with Gasteiger partial charge in [0, 0.05) is 24.0 Å². The number of Topliss-reactive ketones (excluding diaryl/α,β-unsaturated/α-hetero) is 1. The van der Waals surface area contributed by atoms with Crippen LogP contribution in [0.4, 0.5) is 0 Å². The first-order valence-electron chi connectivity index (χ1n) is 8.76. The summed E-state index contributed by atoms with van der Waals surface area (Å²) in [6.07, 6.45) is 0.974. The molecule has 130 valence electrons. The minimum Gasteiger partial charge on any atom is -0.457 e. The van der Waals surface area contributed by atoms with Gasteiger partial charge in [-0.25, -0.2) is 0 Å². The fraction of sp³-hybridized carbons (Fsp3) is 0.174. The smallest absolute Gasteiger partial charge is 0.167 e. The van der Waals surface area contributed by atoms with E-state index in [0.717, 1.165) is 39.3 Å². The maximum Gasteiger partial charge on any atom is 0.167 e. The number of benzene rings is 3. The Morgan fingerprint density at radius 1 is 1.04 bits per heavy atom. The van der Waals surface area contributed by atoms with E-state index in [9.17, 15) is 9.90 Å². The third-order valence-corrected chi connectivity index (χ3v) is 4.90. The summed E-state index contributed by atoms with van der Waals surface area (Å²) < 4.78 is 6.05. The summed E-state index contributed by atoms with van der Waals surface area (Å²) in [4.78, 5) is 12.6. The molecular weight excluding hydrogens is 324 g/mol. The molecule has 3 heteroatoms. The van der Waals surface area contributed by atoms with Crippen molar-refractivity contribution in [3.63, 3.8) is 0 Å². The summed E-state index contributed by atoms with van der Waals surface area (Å²) in [6.45, 7) is 1.93. The molecule has 26 heavy (non-hydrogen) atoms. The van der Waals surface area contributed by atoms with Crippen LogP contribution >= 0.6 is 0 Å². The maximum atomic E-state index is 12.6. The van der Waals surface area contributed by atoms with Gasteiger partial charge in [0.15, 0.2) is 5.78 Å². The second-order valence-electron chi connectivity index (χ2n) is 6.69. The standard InChI is InChI=1S/C23H20O3/c1-15-7-8-18-12-19-20(14-24)17(9-10-22(19)26-23(18)11-15)13-21(25)16-5-3-2-4-6-16/h2-11,24H,12-14H2,1H3. The van der Waals surface area contributed by atoms with E-state index < -0.39 is 0 Å². The van der Waals surface area contributed by atoms with Crippen LogP contribution in [0.3, 0.4) is 0 Å². The number of aliphatic hydroxyl groups excluding tert-OH is 1. The van der Waals surface area contributed by atoms with Crippen molar-refractivity contribution < 1.29 is 14.6 Å². The Morgan fingerprint density at radius 2 is 1.85 bits per heavy atom. The van der Waals surface area contributed by atoms with Crippen molar-refractivity contribution >= 4 is 5.78 Å². The molecule has 1 heterocycles. The highest BCUT2D eigenvalue weighted by Gasteiger charge is 2.22. The first kappa shape index (κ1) is 16.6. The van der Waals surface area contributed by atoms with Crippen molar-refractivity contribution in [1.82, 2.24) is 0 Å².